The van der Waals surface area contributed by atoms with Crippen molar-refractivity contribution in [1.82, 2.24) is 10.6 Å². The van der Waals surface area contributed by atoms with E-state index in [9.17, 15) is 8.42 Å². The fourth-order valence-electron chi connectivity index (χ4n) is 2.41. The number of hydrogen-bond donors (Lipinski definition) is 2. The molecule has 0 saturated carbocycles. The molecule has 0 radical (unpaired) electrons. The van der Waals surface area contributed by atoms with Gasteiger partial charge in [0, 0.05) is 24.2 Å². The Hall–Kier alpha value is -1.27. The van der Waals surface area contributed by atoms with Gasteiger partial charge in [0.1, 0.15) is 0 Å². The van der Waals surface area contributed by atoms with E-state index in [4.69, 9.17) is 11.6 Å². The van der Waals surface area contributed by atoms with E-state index >= 15 is 0 Å². The van der Waals surface area contributed by atoms with Gasteiger partial charge in [-0.3, -0.25) is 4.99 Å². The van der Waals surface area contributed by atoms with E-state index in [2.05, 4.69) is 15.6 Å². The molecule has 122 valence electrons. The third-order valence-corrected chi connectivity index (χ3v) is 5.66. The van der Waals surface area contributed by atoms with E-state index in [1.807, 2.05) is 31.2 Å². The Bertz CT molecular complexity index is 631. The number of rotatable bonds is 5. The number of sulfone groups is 1. The van der Waals surface area contributed by atoms with E-state index in [1.54, 1.807) is 0 Å². The summed E-state index contributed by atoms with van der Waals surface area (Å²) in [4.78, 5) is 4.50. The second-order valence-electron chi connectivity index (χ2n) is 5.35. The Morgan fingerprint density at radius 3 is 2.82 bits per heavy atom. The van der Waals surface area contributed by atoms with Crippen LogP contribution in [0, 0.1) is 0 Å². The molecule has 0 aliphatic carbocycles. The summed E-state index contributed by atoms with van der Waals surface area (Å²) < 4.78 is 23.0. The predicted octanol–water partition coefficient (Wildman–Crippen LogP) is 1.62. The number of benzene rings is 1. The highest BCUT2D eigenvalue weighted by molar-refractivity contribution is 7.91. The van der Waals surface area contributed by atoms with Crippen LogP contribution in [-0.2, 0) is 16.3 Å². The minimum Gasteiger partial charge on any atom is -0.357 e. The number of halogens is 1. The predicted molar refractivity (Wildman–Crippen MR) is 91.3 cm³/mol. The highest BCUT2D eigenvalue weighted by Gasteiger charge is 2.28. The Morgan fingerprint density at radius 2 is 2.18 bits per heavy atom. The van der Waals surface area contributed by atoms with Gasteiger partial charge < -0.3 is 10.6 Å². The van der Waals surface area contributed by atoms with Gasteiger partial charge in [-0.25, -0.2) is 8.42 Å². The Kier molecular flexibility index (Phi) is 6.08. The molecule has 1 fully saturated rings. The molecule has 0 spiro atoms. The third-order valence-electron chi connectivity index (χ3n) is 3.53. The van der Waals surface area contributed by atoms with Crippen molar-refractivity contribution in [2.45, 2.75) is 25.8 Å². The van der Waals surface area contributed by atoms with Crippen molar-refractivity contribution in [3.05, 3.63) is 34.9 Å². The van der Waals surface area contributed by atoms with Crippen LogP contribution in [0.15, 0.2) is 29.3 Å². The van der Waals surface area contributed by atoms with Gasteiger partial charge >= 0.3 is 0 Å². The molecule has 1 saturated heterocycles. The average molecular weight is 344 g/mol. The number of hydrogen-bond acceptors (Lipinski definition) is 3. The summed E-state index contributed by atoms with van der Waals surface area (Å²) in [5, 5.41) is 7.10. The minimum atomic E-state index is -2.89. The van der Waals surface area contributed by atoms with Gasteiger partial charge in [-0.1, -0.05) is 29.8 Å². The first-order chi connectivity index (χ1) is 10.5. The molecular weight excluding hydrogens is 322 g/mol. The SMILES string of the molecule is CCNC(=NCCc1ccccc1Cl)NC1CCS(=O)(=O)C1. The lowest BCUT2D eigenvalue weighted by molar-refractivity contribution is 0.599. The summed E-state index contributed by atoms with van der Waals surface area (Å²) in [5.74, 6) is 1.10. The number of guanidine groups is 1. The molecule has 1 heterocycles. The second-order valence-corrected chi connectivity index (χ2v) is 7.98. The zero-order chi connectivity index (χ0) is 16.0. The monoisotopic (exact) mass is 343 g/mol. The molecule has 1 unspecified atom stereocenters. The quantitative estimate of drug-likeness (QED) is 0.629. The highest BCUT2D eigenvalue weighted by atomic mass is 35.5. The van der Waals surface area contributed by atoms with Gasteiger partial charge in [-0.15, -0.1) is 0 Å². The fourth-order valence-corrected chi connectivity index (χ4v) is 4.32. The molecule has 5 nitrogen and oxygen atoms in total. The Balaban J connectivity index is 1.91. The summed E-state index contributed by atoms with van der Waals surface area (Å²) >= 11 is 6.12. The topological polar surface area (TPSA) is 70.6 Å². The van der Waals surface area contributed by atoms with Crippen molar-refractivity contribution in [1.29, 1.82) is 0 Å². The van der Waals surface area contributed by atoms with Gasteiger partial charge in [-0.05, 0) is 31.4 Å². The van der Waals surface area contributed by atoms with Gasteiger partial charge in [0.25, 0.3) is 0 Å². The van der Waals surface area contributed by atoms with Crippen molar-refractivity contribution in [3.63, 3.8) is 0 Å². The summed E-state index contributed by atoms with van der Waals surface area (Å²) in [6, 6.07) is 7.66. The molecule has 22 heavy (non-hydrogen) atoms. The maximum atomic E-state index is 11.5. The normalized spacial score (nSPS) is 20.8. The molecule has 2 rings (SSSR count). The van der Waals surface area contributed by atoms with Crippen LogP contribution in [0.5, 0.6) is 0 Å². The largest absolute Gasteiger partial charge is 0.357 e. The smallest absolute Gasteiger partial charge is 0.191 e. The zero-order valence-corrected chi connectivity index (χ0v) is 14.3. The minimum absolute atomic E-state index is 0.0527. The van der Waals surface area contributed by atoms with Crippen LogP contribution >= 0.6 is 11.6 Å². The van der Waals surface area contributed by atoms with Crippen molar-refractivity contribution in [2.24, 2.45) is 4.99 Å². The summed E-state index contributed by atoms with van der Waals surface area (Å²) in [5.41, 5.74) is 1.06. The van der Waals surface area contributed by atoms with E-state index in [1.165, 1.54) is 0 Å². The molecule has 1 aliphatic heterocycles. The molecule has 0 bridgehead atoms. The summed E-state index contributed by atoms with van der Waals surface area (Å²) in [7, 11) is -2.89. The molecular formula is C15H22ClN3O2S. The van der Waals surface area contributed by atoms with Crippen LogP contribution in [0.1, 0.15) is 18.9 Å². The van der Waals surface area contributed by atoms with Crippen molar-refractivity contribution >= 4 is 27.4 Å². The lowest BCUT2D eigenvalue weighted by Crippen LogP contribution is -2.44. The molecule has 0 amide bonds. The van der Waals surface area contributed by atoms with Crippen molar-refractivity contribution < 1.29 is 8.42 Å². The molecule has 2 N–H and O–H groups in total. The fraction of sp³-hybridized carbons (Fsp3) is 0.533. The maximum absolute atomic E-state index is 11.5. The van der Waals surface area contributed by atoms with E-state index in [0.717, 1.165) is 23.6 Å². The summed E-state index contributed by atoms with van der Waals surface area (Å²) in [6.07, 6.45) is 1.39. The van der Waals surface area contributed by atoms with E-state index in [0.29, 0.717) is 18.9 Å². The first kappa shape index (κ1) is 17.1. The van der Waals surface area contributed by atoms with Gasteiger partial charge in [0.05, 0.1) is 11.5 Å². The molecule has 7 heteroatoms. The van der Waals surface area contributed by atoms with Crippen LogP contribution in [0.4, 0.5) is 0 Å². The second kappa shape index (κ2) is 7.83. The van der Waals surface area contributed by atoms with Crippen molar-refractivity contribution in [3.8, 4) is 0 Å². The molecule has 1 aromatic carbocycles. The Labute approximate surface area is 137 Å². The molecule has 1 aromatic rings. The van der Waals surface area contributed by atoms with Crippen LogP contribution in [0.25, 0.3) is 0 Å². The lowest BCUT2D eigenvalue weighted by atomic mass is 10.1. The van der Waals surface area contributed by atoms with Crippen LogP contribution in [0.2, 0.25) is 5.02 Å². The number of nitrogens with zero attached hydrogens (tertiary/aromatic N) is 1. The van der Waals surface area contributed by atoms with Gasteiger partial charge in [0.2, 0.25) is 0 Å². The maximum Gasteiger partial charge on any atom is 0.191 e. The average Bonchev–Trinajstić information content (AvgIpc) is 2.80. The van der Waals surface area contributed by atoms with Crippen molar-refractivity contribution in [2.75, 3.05) is 24.6 Å². The molecule has 1 atom stereocenters. The summed E-state index contributed by atoms with van der Waals surface area (Å²) in [6.45, 7) is 3.31. The molecule has 1 aliphatic rings. The Morgan fingerprint density at radius 1 is 1.41 bits per heavy atom. The number of nitrogens with one attached hydrogen (secondary N) is 2. The standard InChI is InChI=1S/C15H22ClN3O2S/c1-2-17-15(19-13-8-10-22(20,21)11-13)18-9-7-12-5-3-4-6-14(12)16/h3-6,13H,2,7-11H2,1H3,(H2,17,18,19). The van der Waals surface area contributed by atoms with Gasteiger partial charge in [0.15, 0.2) is 15.8 Å². The highest BCUT2D eigenvalue weighted by Crippen LogP contribution is 2.15. The third kappa shape index (κ3) is 5.18. The first-order valence-electron chi connectivity index (χ1n) is 7.49. The lowest BCUT2D eigenvalue weighted by Gasteiger charge is -2.15. The van der Waals surface area contributed by atoms with Crippen LogP contribution < -0.4 is 10.6 Å². The van der Waals surface area contributed by atoms with Crippen LogP contribution in [-0.4, -0.2) is 45.0 Å². The number of aliphatic imine (C=N–C) groups is 1. The first-order valence-corrected chi connectivity index (χ1v) is 9.69. The van der Waals surface area contributed by atoms with E-state index < -0.39 is 9.84 Å². The van der Waals surface area contributed by atoms with E-state index in [-0.39, 0.29) is 17.5 Å². The van der Waals surface area contributed by atoms with Crippen LogP contribution in [0.3, 0.4) is 0 Å². The zero-order valence-electron chi connectivity index (χ0n) is 12.7. The van der Waals surface area contributed by atoms with Gasteiger partial charge in [-0.2, -0.15) is 0 Å². The molecule has 0 aromatic heterocycles.